The van der Waals surface area contributed by atoms with E-state index in [9.17, 15) is 9.59 Å². The standard InChI is InChI=1S/C11H12ClN3O2/c12-9-5-1-3-8(14-9)11(17)15-7-4-2-6-13-10(7)16/h1,3,5,7H,2,4,6H2,(H,13,16)(H,15,17). The molecule has 1 aliphatic rings. The summed E-state index contributed by atoms with van der Waals surface area (Å²) < 4.78 is 0. The minimum Gasteiger partial charge on any atom is -0.354 e. The number of carbonyl (C=O) groups excluding carboxylic acids is 2. The van der Waals surface area contributed by atoms with E-state index in [0.29, 0.717) is 13.0 Å². The van der Waals surface area contributed by atoms with Gasteiger partial charge in [-0.25, -0.2) is 4.98 Å². The van der Waals surface area contributed by atoms with Gasteiger partial charge in [-0.15, -0.1) is 0 Å². The number of halogens is 1. The van der Waals surface area contributed by atoms with Gasteiger partial charge in [0.25, 0.3) is 5.91 Å². The zero-order valence-corrected chi connectivity index (χ0v) is 9.83. The molecule has 0 bridgehead atoms. The second kappa shape index (κ2) is 5.14. The highest BCUT2D eigenvalue weighted by Gasteiger charge is 2.24. The molecule has 0 spiro atoms. The van der Waals surface area contributed by atoms with Gasteiger partial charge in [-0.2, -0.15) is 0 Å². The Morgan fingerprint density at radius 2 is 2.35 bits per heavy atom. The van der Waals surface area contributed by atoms with E-state index in [1.165, 1.54) is 0 Å². The molecule has 2 heterocycles. The third-order valence-corrected chi connectivity index (χ3v) is 2.75. The maximum atomic E-state index is 11.8. The summed E-state index contributed by atoms with van der Waals surface area (Å²) >= 11 is 5.69. The number of nitrogens with zero attached hydrogens (tertiary/aromatic N) is 1. The van der Waals surface area contributed by atoms with Crippen LogP contribution in [0.2, 0.25) is 5.15 Å². The van der Waals surface area contributed by atoms with Gasteiger partial charge in [0, 0.05) is 6.54 Å². The number of pyridine rings is 1. The fourth-order valence-electron chi connectivity index (χ4n) is 1.68. The number of rotatable bonds is 2. The molecule has 17 heavy (non-hydrogen) atoms. The van der Waals surface area contributed by atoms with Gasteiger partial charge < -0.3 is 10.6 Å². The first kappa shape index (κ1) is 11.9. The molecule has 90 valence electrons. The predicted octanol–water partition coefficient (Wildman–Crippen LogP) is 0.743. The van der Waals surface area contributed by atoms with Gasteiger partial charge in [0.15, 0.2) is 0 Å². The summed E-state index contributed by atoms with van der Waals surface area (Å²) in [6.07, 6.45) is 1.51. The molecule has 1 unspecified atom stereocenters. The molecule has 0 saturated carbocycles. The SMILES string of the molecule is O=C(NC1CCCNC1=O)c1cccc(Cl)n1. The quantitative estimate of drug-likeness (QED) is 0.764. The molecule has 2 N–H and O–H groups in total. The lowest BCUT2D eigenvalue weighted by molar-refractivity contribution is -0.124. The molecule has 0 aliphatic carbocycles. The van der Waals surface area contributed by atoms with E-state index in [2.05, 4.69) is 15.6 Å². The van der Waals surface area contributed by atoms with Crippen molar-refractivity contribution in [1.82, 2.24) is 15.6 Å². The normalized spacial score (nSPS) is 19.6. The zero-order chi connectivity index (χ0) is 12.3. The highest BCUT2D eigenvalue weighted by atomic mass is 35.5. The largest absolute Gasteiger partial charge is 0.354 e. The van der Waals surface area contributed by atoms with Crippen molar-refractivity contribution in [1.29, 1.82) is 0 Å². The number of hydrogen-bond acceptors (Lipinski definition) is 3. The topological polar surface area (TPSA) is 71.1 Å². The Hall–Kier alpha value is -1.62. The zero-order valence-electron chi connectivity index (χ0n) is 9.07. The van der Waals surface area contributed by atoms with Crippen LogP contribution in [0.1, 0.15) is 23.3 Å². The van der Waals surface area contributed by atoms with Crippen LogP contribution >= 0.6 is 11.6 Å². The van der Waals surface area contributed by atoms with Crippen molar-refractivity contribution in [2.24, 2.45) is 0 Å². The molecular formula is C11H12ClN3O2. The van der Waals surface area contributed by atoms with Crippen LogP contribution in [-0.4, -0.2) is 29.4 Å². The Labute approximate surface area is 104 Å². The van der Waals surface area contributed by atoms with E-state index in [0.717, 1.165) is 6.42 Å². The van der Waals surface area contributed by atoms with Crippen molar-refractivity contribution in [2.75, 3.05) is 6.54 Å². The van der Waals surface area contributed by atoms with Gasteiger partial charge in [-0.05, 0) is 25.0 Å². The van der Waals surface area contributed by atoms with E-state index in [-0.39, 0.29) is 22.7 Å². The van der Waals surface area contributed by atoms with Crippen molar-refractivity contribution in [3.05, 3.63) is 29.0 Å². The van der Waals surface area contributed by atoms with Crippen LogP contribution in [0.4, 0.5) is 0 Å². The van der Waals surface area contributed by atoms with E-state index < -0.39 is 6.04 Å². The second-order valence-electron chi connectivity index (χ2n) is 3.80. The Bertz CT molecular complexity index is 450. The molecule has 2 rings (SSSR count). The summed E-state index contributed by atoms with van der Waals surface area (Å²) in [6, 6.07) is 4.32. The van der Waals surface area contributed by atoms with Gasteiger partial charge >= 0.3 is 0 Å². The number of piperidine rings is 1. The van der Waals surface area contributed by atoms with E-state index in [1.807, 2.05) is 0 Å². The molecule has 1 fully saturated rings. The third kappa shape index (κ3) is 2.94. The average molecular weight is 254 g/mol. The number of nitrogens with one attached hydrogen (secondary N) is 2. The minimum atomic E-state index is -0.475. The number of amides is 2. The minimum absolute atomic E-state index is 0.147. The molecule has 1 aliphatic heterocycles. The lowest BCUT2D eigenvalue weighted by Gasteiger charge is -2.22. The maximum absolute atomic E-state index is 11.8. The van der Waals surface area contributed by atoms with Crippen molar-refractivity contribution >= 4 is 23.4 Å². The van der Waals surface area contributed by atoms with E-state index in [4.69, 9.17) is 11.6 Å². The highest BCUT2D eigenvalue weighted by molar-refractivity contribution is 6.29. The highest BCUT2D eigenvalue weighted by Crippen LogP contribution is 2.07. The van der Waals surface area contributed by atoms with Crippen LogP contribution in [-0.2, 0) is 4.79 Å². The Balaban J connectivity index is 2.03. The molecule has 1 aromatic heterocycles. The van der Waals surface area contributed by atoms with Gasteiger partial charge in [0.2, 0.25) is 5.91 Å². The Kier molecular flexibility index (Phi) is 3.58. The van der Waals surface area contributed by atoms with Crippen LogP contribution in [0.3, 0.4) is 0 Å². The lowest BCUT2D eigenvalue weighted by atomic mass is 10.1. The first-order valence-electron chi connectivity index (χ1n) is 5.38. The summed E-state index contributed by atoms with van der Waals surface area (Å²) in [5.74, 6) is -0.527. The van der Waals surface area contributed by atoms with Crippen molar-refractivity contribution in [3.63, 3.8) is 0 Å². The first-order valence-corrected chi connectivity index (χ1v) is 5.76. The summed E-state index contributed by atoms with van der Waals surface area (Å²) in [7, 11) is 0. The molecule has 1 atom stereocenters. The molecule has 6 heteroatoms. The maximum Gasteiger partial charge on any atom is 0.270 e. The van der Waals surface area contributed by atoms with Gasteiger partial charge in [-0.1, -0.05) is 17.7 Å². The Morgan fingerprint density at radius 1 is 1.53 bits per heavy atom. The summed E-state index contributed by atoms with van der Waals surface area (Å²) in [5.41, 5.74) is 0.218. The number of aromatic nitrogens is 1. The van der Waals surface area contributed by atoms with Gasteiger partial charge in [0.05, 0.1) is 0 Å². The number of hydrogen-bond donors (Lipinski definition) is 2. The van der Waals surface area contributed by atoms with Crippen molar-refractivity contribution in [3.8, 4) is 0 Å². The molecule has 5 nitrogen and oxygen atoms in total. The second-order valence-corrected chi connectivity index (χ2v) is 4.19. The van der Waals surface area contributed by atoms with Gasteiger partial charge in [-0.3, -0.25) is 9.59 Å². The Morgan fingerprint density at radius 3 is 3.06 bits per heavy atom. The van der Waals surface area contributed by atoms with Crippen LogP contribution in [0.5, 0.6) is 0 Å². The van der Waals surface area contributed by atoms with Crippen molar-refractivity contribution < 1.29 is 9.59 Å². The van der Waals surface area contributed by atoms with Crippen LogP contribution in [0, 0.1) is 0 Å². The molecule has 1 saturated heterocycles. The van der Waals surface area contributed by atoms with Crippen LogP contribution < -0.4 is 10.6 Å². The molecule has 1 aromatic rings. The monoisotopic (exact) mass is 253 g/mol. The van der Waals surface area contributed by atoms with E-state index >= 15 is 0 Å². The summed E-state index contributed by atoms with van der Waals surface area (Å²) in [4.78, 5) is 27.1. The fourth-order valence-corrected chi connectivity index (χ4v) is 1.84. The van der Waals surface area contributed by atoms with Crippen molar-refractivity contribution in [2.45, 2.75) is 18.9 Å². The van der Waals surface area contributed by atoms with Crippen LogP contribution in [0.15, 0.2) is 18.2 Å². The number of carbonyl (C=O) groups is 2. The molecular weight excluding hydrogens is 242 g/mol. The average Bonchev–Trinajstić information content (AvgIpc) is 2.32. The fraction of sp³-hybridized carbons (Fsp3) is 0.364. The summed E-state index contributed by atoms with van der Waals surface area (Å²) in [6.45, 7) is 0.667. The van der Waals surface area contributed by atoms with E-state index in [1.54, 1.807) is 18.2 Å². The van der Waals surface area contributed by atoms with Gasteiger partial charge in [0.1, 0.15) is 16.9 Å². The molecule has 0 aromatic carbocycles. The third-order valence-electron chi connectivity index (χ3n) is 2.54. The predicted molar refractivity (Wildman–Crippen MR) is 62.7 cm³/mol. The summed E-state index contributed by atoms with van der Waals surface area (Å²) in [5, 5.41) is 5.60. The molecule has 2 amide bonds. The smallest absolute Gasteiger partial charge is 0.270 e. The molecule has 0 radical (unpaired) electrons. The lowest BCUT2D eigenvalue weighted by Crippen LogP contribution is -2.50. The van der Waals surface area contributed by atoms with Crippen LogP contribution in [0.25, 0.3) is 0 Å². The first-order chi connectivity index (χ1) is 8.16.